The van der Waals surface area contributed by atoms with Crippen LogP contribution in [0.5, 0.6) is 0 Å². The zero-order chi connectivity index (χ0) is 18.0. The Balaban J connectivity index is 1.74. The Kier molecular flexibility index (Phi) is 4.94. The largest absolute Gasteiger partial charge is 0.339 e. The predicted molar refractivity (Wildman–Crippen MR) is 101 cm³/mol. The van der Waals surface area contributed by atoms with Gasteiger partial charge in [-0.05, 0) is 61.9 Å². The lowest BCUT2D eigenvalue weighted by Crippen LogP contribution is -2.13. The molecule has 0 fully saturated rings. The fourth-order valence-corrected chi connectivity index (χ4v) is 4.61. The molecule has 6 nitrogen and oxygen atoms in total. The second-order valence-electron chi connectivity index (χ2n) is 5.36. The molecule has 130 valence electrons. The van der Waals surface area contributed by atoms with Gasteiger partial charge in [-0.2, -0.15) is 0 Å². The summed E-state index contributed by atoms with van der Waals surface area (Å²) in [5.41, 5.74) is 1.81. The molecule has 0 saturated heterocycles. The van der Waals surface area contributed by atoms with Crippen LogP contribution in [-0.4, -0.2) is 18.6 Å². The van der Waals surface area contributed by atoms with Crippen molar-refractivity contribution in [1.82, 2.24) is 10.2 Å². The van der Waals surface area contributed by atoms with Crippen molar-refractivity contribution in [3.63, 3.8) is 0 Å². The van der Waals surface area contributed by atoms with E-state index in [0.717, 1.165) is 16.1 Å². The highest BCUT2D eigenvalue weighted by atomic mass is 35.5. The number of sulfonamides is 1. The Hall–Kier alpha value is -2.16. The zero-order valence-electron chi connectivity index (χ0n) is 13.4. The summed E-state index contributed by atoms with van der Waals surface area (Å²) in [7, 11) is -3.64. The first-order valence-electron chi connectivity index (χ1n) is 7.30. The van der Waals surface area contributed by atoms with Crippen molar-refractivity contribution in [2.24, 2.45) is 0 Å². The van der Waals surface area contributed by atoms with Crippen LogP contribution in [0, 0.1) is 13.8 Å². The average Bonchev–Trinajstić information content (AvgIpc) is 2.99. The van der Waals surface area contributed by atoms with Gasteiger partial charge in [-0.1, -0.05) is 11.6 Å². The van der Waals surface area contributed by atoms with Gasteiger partial charge >= 0.3 is 0 Å². The van der Waals surface area contributed by atoms with Crippen molar-refractivity contribution in [1.29, 1.82) is 0 Å². The van der Waals surface area contributed by atoms with Gasteiger partial charge in [0.05, 0.1) is 0 Å². The van der Waals surface area contributed by atoms with Gasteiger partial charge in [0.25, 0.3) is 10.0 Å². The summed E-state index contributed by atoms with van der Waals surface area (Å²) in [5.74, 6) is 0.657. The van der Waals surface area contributed by atoms with Gasteiger partial charge in [-0.3, -0.25) is 4.72 Å². The van der Waals surface area contributed by atoms with E-state index in [1.807, 2.05) is 26.0 Å². The molecule has 1 aromatic carbocycles. The highest BCUT2D eigenvalue weighted by Gasteiger charge is 2.17. The number of aryl methyl sites for hydroxylation is 2. The van der Waals surface area contributed by atoms with Gasteiger partial charge in [0.2, 0.25) is 0 Å². The van der Waals surface area contributed by atoms with Gasteiger partial charge in [-0.15, -0.1) is 21.5 Å². The molecule has 9 heteroatoms. The van der Waals surface area contributed by atoms with Crippen LogP contribution < -0.4 is 10.0 Å². The van der Waals surface area contributed by atoms with Crippen LogP contribution in [0.4, 0.5) is 17.3 Å². The highest BCUT2D eigenvalue weighted by Crippen LogP contribution is 2.24. The summed E-state index contributed by atoms with van der Waals surface area (Å²) >= 11 is 7.13. The summed E-state index contributed by atoms with van der Waals surface area (Å²) in [4.78, 5) is 0.921. The molecular formula is C16H15ClN4O2S2. The van der Waals surface area contributed by atoms with E-state index < -0.39 is 10.0 Å². The average molecular weight is 395 g/mol. The van der Waals surface area contributed by atoms with Crippen LogP contribution in [0.25, 0.3) is 0 Å². The molecule has 0 aliphatic carbocycles. The minimum Gasteiger partial charge on any atom is -0.339 e. The number of nitrogens with one attached hydrogen (secondary N) is 2. The lowest BCUT2D eigenvalue weighted by Gasteiger charge is -2.09. The maximum atomic E-state index is 12.3. The monoisotopic (exact) mass is 394 g/mol. The molecule has 0 bridgehead atoms. The molecule has 2 heterocycles. The first-order valence-corrected chi connectivity index (χ1v) is 9.97. The molecule has 3 aromatic rings. The Morgan fingerprint density at radius 1 is 1.00 bits per heavy atom. The topological polar surface area (TPSA) is 84.0 Å². The lowest BCUT2D eigenvalue weighted by molar-refractivity contribution is 0.603. The molecule has 0 atom stereocenters. The first-order chi connectivity index (χ1) is 11.8. The number of rotatable bonds is 5. The van der Waals surface area contributed by atoms with Crippen molar-refractivity contribution in [3.8, 4) is 0 Å². The number of anilines is 3. The zero-order valence-corrected chi connectivity index (χ0v) is 15.8. The molecule has 0 saturated carbocycles. The molecule has 2 aromatic heterocycles. The number of aromatic nitrogens is 2. The molecule has 0 radical (unpaired) electrons. The van der Waals surface area contributed by atoms with E-state index in [0.29, 0.717) is 10.8 Å². The Morgan fingerprint density at radius 3 is 2.32 bits per heavy atom. The van der Waals surface area contributed by atoms with Crippen LogP contribution in [-0.2, 0) is 10.0 Å². The number of hydrogen-bond donors (Lipinski definition) is 2. The number of thiophene rings is 1. The first kappa shape index (κ1) is 17.7. The second kappa shape index (κ2) is 6.99. The van der Waals surface area contributed by atoms with Crippen LogP contribution in [0.1, 0.15) is 10.4 Å². The van der Waals surface area contributed by atoms with E-state index in [-0.39, 0.29) is 10.0 Å². The van der Waals surface area contributed by atoms with Gasteiger partial charge in [0.1, 0.15) is 4.21 Å². The second-order valence-corrected chi connectivity index (χ2v) is 8.99. The Morgan fingerprint density at radius 2 is 1.72 bits per heavy atom. The Labute approximate surface area is 154 Å². The van der Waals surface area contributed by atoms with Crippen molar-refractivity contribution in [3.05, 3.63) is 57.9 Å². The van der Waals surface area contributed by atoms with E-state index in [1.165, 1.54) is 11.3 Å². The van der Waals surface area contributed by atoms with Crippen LogP contribution in [0.15, 0.2) is 46.7 Å². The number of hydrogen-bond acceptors (Lipinski definition) is 6. The third-order valence-corrected chi connectivity index (χ3v) is 6.42. The molecule has 3 rings (SSSR count). The third-order valence-electron chi connectivity index (χ3n) is 3.34. The molecule has 0 spiro atoms. The minimum atomic E-state index is -3.64. The van der Waals surface area contributed by atoms with Crippen molar-refractivity contribution in [2.45, 2.75) is 18.1 Å². The number of benzene rings is 1. The van der Waals surface area contributed by atoms with Gasteiger partial charge in [0, 0.05) is 15.6 Å². The summed E-state index contributed by atoms with van der Waals surface area (Å²) in [6, 6.07) is 12.0. The summed E-state index contributed by atoms with van der Waals surface area (Å²) in [6.07, 6.45) is 0. The number of nitrogens with zero attached hydrogens (tertiary/aromatic N) is 2. The van der Waals surface area contributed by atoms with E-state index in [2.05, 4.69) is 20.2 Å². The van der Waals surface area contributed by atoms with Crippen molar-refractivity contribution < 1.29 is 8.42 Å². The van der Waals surface area contributed by atoms with Crippen molar-refractivity contribution >= 4 is 50.3 Å². The molecule has 0 aliphatic rings. The minimum absolute atomic E-state index is 0.157. The quantitative estimate of drug-likeness (QED) is 0.671. The molecule has 0 aliphatic heterocycles. The van der Waals surface area contributed by atoms with E-state index in [9.17, 15) is 8.42 Å². The van der Waals surface area contributed by atoms with E-state index >= 15 is 0 Å². The fraction of sp³-hybridized carbons (Fsp3) is 0.125. The summed E-state index contributed by atoms with van der Waals surface area (Å²) in [5, 5.41) is 11.7. The molecule has 25 heavy (non-hydrogen) atoms. The molecular weight excluding hydrogens is 380 g/mol. The van der Waals surface area contributed by atoms with Gasteiger partial charge in [0.15, 0.2) is 11.6 Å². The Bertz CT molecular complexity index is 1000. The molecule has 0 unspecified atom stereocenters. The van der Waals surface area contributed by atoms with E-state index in [4.69, 9.17) is 11.6 Å². The maximum Gasteiger partial charge on any atom is 0.272 e. The third kappa shape index (κ3) is 4.28. The van der Waals surface area contributed by atoms with Crippen molar-refractivity contribution in [2.75, 3.05) is 10.0 Å². The SMILES string of the molecule is Cc1ccc(S(=O)(=O)Nc2ccc(Nc3ccc(Cl)cc3C)nn2)s1. The molecule has 2 N–H and O–H groups in total. The van der Waals surface area contributed by atoms with Crippen LogP contribution in [0.2, 0.25) is 5.02 Å². The standard InChI is InChI=1S/C16H15ClN4O2S2/c1-10-9-12(17)4-5-13(10)18-14-6-7-15(20-19-14)21-25(22,23)16-8-3-11(2)24-16/h3-9H,1-2H3,(H,18,19)(H,20,21). The van der Waals surface area contributed by atoms with Crippen LogP contribution in [0.3, 0.4) is 0 Å². The normalized spacial score (nSPS) is 11.3. The van der Waals surface area contributed by atoms with Crippen LogP contribution >= 0.6 is 22.9 Å². The smallest absolute Gasteiger partial charge is 0.272 e. The van der Waals surface area contributed by atoms with Gasteiger partial charge < -0.3 is 5.32 Å². The van der Waals surface area contributed by atoms with Gasteiger partial charge in [-0.25, -0.2) is 8.42 Å². The maximum absolute atomic E-state index is 12.3. The lowest BCUT2D eigenvalue weighted by atomic mass is 10.2. The summed E-state index contributed by atoms with van der Waals surface area (Å²) in [6.45, 7) is 3.77. The molecule has 0 amide bonds. The van der Waals surface area contributed by atoms with E-state index in [1.54, 1.807) is 30.3 Å². The highest BCUT2D eigenvalue weighted by molar-refractivity contribution is 7.94. The summed E-state index contributed by atoms with van der Waals surface area (Å²) < 4.78 is 27.2. The number of halogens is 1. The fourth-order valence-electron chi connectivity index (χ4n) is 2.10. The predicted octanol–water partition coefficient (Wildman–Crippen LogP) is 4.35.